The van der Waals surface area contributed by atoms with E-state index < -0.39 is 51.1 Å². The number of hydrogen-bond donors (Lipinski definition) is 0. The molecule has 4 rings (SSSR count). The lowest BCUT2D eigenvalue weighted by Crippen LogP contribution is -2.60. The fourth-order valence-electron chi connectivity index (χ4n) is 5.52. The molecule has 30 heavy (non-hydrogen) atoms. The van der Waals surface area contributed by atoms with E-state index >= 15 is 0 Å². The van der Waals surface area contributed by atoms with Crippen molar-refractivity contribution in [2.75, 3.05) is 12.9 Å². The summed E-state index contributed by atoms with van der Waals surface area (Å²) >= 11 is 0. The molecule has 7 nitrogen and oxygen atoms in total. The topological polar surface area (TPSA) is 96.0 Å². The molecule has 0 aliphatic heterocycles. The van der Waals surface area contributed by atoms with Crippen LogP contribution in [0.1, 0.15) is 45.4 Å². The number of hydrogen-bond acceptors (Lipinski definition) is 7. The average molecular weight is 454 g/mol. The lowest BCUT2D eigenvalue weighted by atomic mass is 9.48. The molecule has 0 saturated heterocycles. The highest BCUT2D eigenvalue weighted by Gasteiger charge is 2.64. The Morgan fingerprint density at radius 3 is 2.20 bits per heavy atom. The number of alkyl halides is 3. The first-order valence-corrected chi connectivity index (χ1v) is 11.2. The molecule has 170 valence electrons. The summed E-state index contributed by atoms with van der Waals surface area (Å²) in [7, 11) is -3.78. The van der Waals surface area contributed by atoms with Crippen molar-refractivity contribution in [3.05, 3.63) is 12.2 Å². The zero-order valence-electron chi connectivity index (χ0n) is 16.8. The zero-order chi connectivity index (χ0) is 22.5. The summed E-state index contributed by atoms with van der Waals surface area (Å²) in [6.07, 6.45) is -5.30. The van der Waals surface area contributed by atoms with Crippen molar-refractivity contribution >= 4 is 22.1 Å². The first-order chi connectivity index (χ1) is 13.7. The van der Waals surface area contributed by atoms with Crippen LogP contribution < -0.4 is 0 Å². The largest absolute Gasteiger partial charge is 0.456 e. The van der Waals surface area contributed by atoms with Crippen molar-refractivity contribution in [2.24, 2.45) is 17.3 Å². The molecule has 0 aromatic rings. The van der Waals surface area contributed by atoms with Crippen LogP contribution in [0.15, 0.2) is 12.2 Å². The molecular formula is C19H25F3O7S. The summed E-state index contributed by atoms with van der Waals surface area (Å²) in [6, 6.07) is 0. The third-order valence-corrected chi connectivity index (χ3v) is 7.54. The molecule has 0 spiro atoms. The van der Waals surface area contributed by atoms with Crippen molar-refractivity contribution in [2.45, 2.75) is 63.3 Å². The van der Waals surface area contributed by atoms with Gasteiger partial charge in [-0.05, 0) is 50.9 Å². The molecule has 0 aromatic carbocycles. The summed E-state index contributed by atoms with van der Waals surface area (Å²) in [5.74, 6) is -3.18. The third-order valence-electron chi connectivity index (χ3n) is 6.32. The van der Waals surface area contributed by atoms with Crippen LogP contribution in [0.3, 0.4) is 0 Å². The molecule has 4 fully saturated rings. The first-order valence-electron chi connectivity index (χ1n) is 9.64. The molecule has 3 unspecified atom stereocenters. The molecule has 0 N–H and O–H groups in total. The Kier molecular flexibility index (Phi) is 5.77. The highest BCUT2D eigenvalue weighted by atomic mass is 32.2. The minimum Gasteiger partial charge on any atom is -0.456 e. The van der Waals surface area contributed by atoms with E-state index in [1.807, 2.05) is 0 Å². The Labute approximate surface area is 173 Å². The number of ether oxygens (including phenoxy) is 2. The lowest BCUT2D eigenvalue weighted by molar-refractivity contribution is -0.236. The van der Waals surface area contributed by atoms with Gasteiger partial charge in [-0.15, -0.1) is 0 Å². The highest BCUT2D eigenvalue weighted by molar-refractivity contribution is 7.86. The van der Waals surface area contributed by atoms with Crippen molar-refractivity contribution in [3.63, 3.8) is 0 Å². The Hall–Kier alpha value is -1.62. The van der Waals surface area contributed by atoms with Gasteiger partial charge in [0.15, 0.2) is 0 Å². The number of esters is 2. The molecule has 4 bridgehead atoms. The Balaban J connectivity index is 1.84. The van der Waals surface area contributed by atoms with Crippen LogP contribution in [-0.4, -0.2) is 51.1 Å². The van der Waals surface area contributed by atoms with E-state index in [-0.39, 0.29) is 23.8 Å². The van der Waals surface area contributed by atoms with Gasteiger partial charge in [-0.1, -0.05) is 6.58 Å². The van der Waals surface area contributed by atoms with Crippen LogP contribution >= 0.6 is 0 Å². The van der Waals surface area contributed by atoms with Gasteiger partial charge in [0.2, 0.25) is 6.10 Å². The SMILES string of the molecule is C=C(C)C(=O)OC12CC3CC(C1)CC(C(=O)OC(CS(=O)(=O)OC)C(F)(F)F)(C3)C2. The normalized spacial score (nSPS) is 33.8. The maximum atomic E-state index is 13.4. The van der Waals surface area contributed by atoms with Crippen LogP contribution in [-0.2, 0) is 33.4 Å². The van der Waals surface area contributed by atoms with Gasteiger partial charge in [0, 0.05) is 12.0 Å². The number of rotatable bonds is 7. The summed E-state index contributed by atoms with van der Waals surface area (Å²) < 4.78 is 77.7. The first kappa shape index (κ1) is 23.1. The molecular weight excluding hydrogens is 429 g/mol. The van der Waals surface area contributed by atoms with E-state index in [0.29, 0.717) is 25.7 Å². The van der Waals surface area contributed by atoms with Crippen molar-refractivity contribution in [1.29, 1.82) is 0 Å². The van der Waals surface area contributed by atoms with Gasteiger partial charge >= 0.3 is 18.1 Å². The average Bonchev–Trinajstić information content (AvgIpc) is 2.58. The third kappa shape index (κ3) is 4.51. The van der Waals surface area contributed by atoms with E-state index in [1.54, 1.807) is 0 Å². The summed E-state index contributed by atoms with van der Waals surface area (Å²) in [5.41, 5.74) is -1.98. The Morgan fingerprint density at radius 2 is 1.73 bits per heavy atom. The smallest absolute Gasteiger partial charge is 0.426 e. The van der Waals surface area contributed by atoms with Gasteiger partial charge in [0.05, 0.1) is 12.5 Å². The van der Waals surface area contributed by atoms with Crippen molar-refractivity contribution in [1.82, 2.24) is 0 Å². The standard InChI is InChI=1S/C19H25F3O7S/c1-11(2)15(23)29-18-7-12-4-13(8-18)6-17(5-12,10-18)16(24)28-14(19(20,21)22)9-30(25,26)27-3/h12-14H,1,4-10H2,2-3H3. The van der Waals surface area contributed by atoms with Crippen LogP contribution in [0.25, 0.3) is 0 Å². The van der Waals surface area contributed by atoms with Crippen molar-refractivity contribution in [3.8, 4) is 0 Å². The minimum absolute atomic E-state index is 0.0174. The molecule has 0 heterocycles. The van der Waals surface area contributed by atoms with Gasteiger partial charge in [0.1, 0.15) is 11.4 Å². The van der Waals surface area contributed by atoms with Gasteiger partial charge in [-0.3, -0.25) is 8.98 Å². The van der Waals surface area contributed by atoms with Gasteiger partial charge in [-0.2, -0.15) is 21.6 Å². The van der Waals surface area contributed by atoms with Gasteiger partial charge in [0.25, 0.3) is 10.1 Å². The Bertz CT molecular complexity index is 835. The molecule has 0 radical (unpaired) electrons. The van der Waals surface area contributed by atoms with E-state index in [2.05, 4.69) is 10.8 Å². The fourth-order valence-corrected chi connectivity index (χ4v) is 6.29. The predicted molar refractivity (Wildman–Crippen MR) is 97.5 cm³/mol. The van der Waals surface area contributed by atoms with Crippen LogP contribution in [0, 0.1) is 17.3 Å². The molecule has 0 aromatic heterocycles. The molecule has 11 heteroatoms. The van der Waals surface area contributed by atoms with E-state index in [1.165, 1.54) is 6.92 Å². The predicted octanol–water partition coefficient (Wildman–Crippen LogP) is 2.90. The van der Waals surface area contributed by atoms with Crippen LogP contribution in [0.5, 0.6) is 0 Å². The molecule has 4 aliphatic rings. The van der Waals surface area contributed by atoms with Gasteiger partial charge < -0.3 is 9.47 Å². The summed E-state index contributed by atoms with van der Waals surface area (Å²) in [5, 5.41) is 0. The highest BCUT2D eigenvalue weighted by Crippen LogP contribution is 2.63. The molecule has 4 aliphatic carbocycles. The van der Waals surface area contributed by atoms with Crippen molar-refractivity contribution < 1.29 is 44.8 Å². The lowest BCUT2D eigenvalue weighted by Gasteiger charge is -2.59. The second kappa shape index (κ2) is 7.51. The van der Waals surface area contributed by atoms with Gasteiger partial charge in [-0.25, -0.2) is 4.79 Å². The van der Waals surface area contributed by atoms with E-state index in [0.717, 1.165) is 13.5 Å². The second-order valence-electron chi connectivity index (χ2n) is 8.92. The monoisotopic (exact) mass is 454 g/mol. The maximum Gasteiger partial charge on any atom is 0.426 e. The molecule has 0 amide bonds. The zero-order valence-corrected chi connectivity index (χ0v) is 17.6. The fraction of sp³-hybridized carbons (Fsp3) is 0.789. The number of halogens is 3. The maximum absolute atomic E-state index is 13.4. The van der Waals surface area contributed by atoms with Crippen LogP contribution in [0.4, 0.5) is 13.2 Å². The minimum atomic E-state index is -5.08. The summed E-state index contributed by atoms with van der Waals surface area (Å²) in [4.78, 5) is 25.1. The Morgan fingerprint density at radius 1 is 1.17 bits per heavy atom. The van der Waals surface area contributed by atoms with Crippen LogP contribution in [0.2, 0.25) is 0 Å². The number of carbonyl (C=O) groups is 2. The molecule has 3 atom stereocenters. The number of carbonyl (C=O) groups excluding carboxylic acids is 2. The van der Waals surface area contributed by atoms with E-state index in [9.17, 15) is 31.2 Å². The quantitative estimate of drug-likeness (QED) is 0.332. The summed E-state index contributed by atoms with van der Waals surface area (Å²) in [6.45, 7) is 5.05. The van der Waals surface area contributed by atoms with E-state index in [4.69, 9.17) is 9.47 Å². The molecule has 4 saturated carbocycles. The second-order valence-corrected chi connectivity index (χ2v) is 10.7.